The molecule has 0 saturated heterocycles. The fraction of sp³-hybridized carbons (Fsp3) is 0.364. The lowest BCUT2D eigenvalue weighted by atomic mass is 10.1. The van der Waals surface area contributed by atoms with E-state index in [1.54, 1.807) is 30.0 Å². The second-order valence-corrected chi connectivity index (χ2v) is 7.44. The first-order valence-corrected chi connectivity index (χ1v) is 10.4. The molecule has 156 valence electrons. The summed E-state index contributed by atoms with van der Waals surface area (Å²) in [5.74, 6) is 0.429. The summed E-state index contributed by atoms with van der Waals surface area (Å²) < 4.78 is 5.65. The summed E-state index contributed by atoms with van der Waals surface area (Å²) in [6.45, 7) is 4.70. The van der Waals surface area contributed by atoms with E-state index in [-0.39, 0.29) is 24.8 Å². The van der Waals surface area contributed by atoms with Crippen LogP contribution >= 0.6 is 23.2 Å². The van der Waals surface area contributed by atoms with Gasteiger partial charge in [0, 0.05) is 29.6 Å². The van der Waals surface area contributed by atoms with Crippen molar-refractivity contribution in [3.8, 4) is 5.75 Å². The Morgan fingerprint density at radius 2 is 1.86 bits per heavy atom. The Morgan fingerprint density at radius 1 is 1.14 bits per heavy atom. The number of nitrogens with one attached hydrogen (secondary N) is 1. The summed E-state index contributed by atoms with van der Waals surface area (Å²) in [6.07, 6.45) is 0.808. The van der Waals surface area contributed by atoms with Crippen molar-refractivity contribution in [1.82, 2.24) is 10.2 Å². The van der Waals surface area contributed by atoms with Crippen LogP contribution < -0.4 is 10.1 Å². The number of halogens is 2. The molecule has 0 heterocycles. The minimum Gasteiger partial charge on any atom is -0.494 e. The Labute approximate surface area is 181 Å². The van der Waals surface area contributed by atoms with E-state index in [4.69, 9.17) is 27.9 Å². The van der Waals surface area contributed by atoms with Crippen LogP contribution in [-0.2, 0) is 16.1 Å². The van der Waals surface area contributed by atoms with E-state index in [1.165, 1.54) is 0 Å². The first-order chi connectivity index (χ1) is 13.9. The zero-order chi connectivity index (χ0) is 21.2. The molecule has 0 aliphatic heterocycles. The Morgan fingerprint density at radius 3 is 2.52 bits per heavy atom. The van der Waals surface area contributed by atoms with Gasteiger partial charge in [-0.1, -0.05) is 47.5 Å². The van der Waals surface area contributed by atoms with Crippen molar-refractivity contribution in [3.63, 3.8) is 0 Å². The van der Waals surface area contributed by atoms with Crippen LogP contribution in [0, 0.1) is 0 Å². The predicted octanol–water partition coefficient (Wildman–Crippen LogP) is 4.71. The molecule has 0 aliphatic carbocycles. The summed E-state index contributed by atoms with van der Waals surface area (Å²) in [5, 5.41) is 3.75. The monoisotopic (exact) mass is 436 g/mol. The van der Waals surface area contributed by atoms with Crippen molar-refractivity contribution in [2.75, 3.05) is 13.2 Å². The molecule has 0 aliphatic rings. The molecule has 29 heavy (non-hydrogen) atoms. The standard InChI is InChI=1S/C22H26Cl2N2O3/c1-3-25-22(28)16(2)26(15-17-11-12-18(23)14-20(17)24)21(27)10-7-13-29-19-8-5-4-6-9-19/h4-6,8-9,11-12,14,16H,3,7,10,13,15H2,1-2H3,(H,25,28). The van der Waals surface area contributed by atoms with Crippen molar-refractivity contribution < 1.29 is 14.3 Å². The second kappa shape index (κ2) is 11.7. The van der Waals surface area contributed by atoms with Crippen molar-refractivity contribution in [2.45, 2.75) is 39.3 Å². The molecule has 0 saturated carbocycles. The van der Waals surface area contributed by atoms with Crippen molar-refractivity contribution >= 4 is 35.0 Å². The molecule has 0 aromatic heterocycles. The molecule has 5 nitrogen and oxygen atoms in total. The highest BCUT2D eigenvalue weighted by Crippen LogP contribution is 2.23. The number of carbonyl (C=O) groups excluding carboxylic acids is 2. The van der Waals surface area contributed by atoms with E-state index in [2.05, 4.69) is 5.32 Å². The van der Waals surface area contributed by atoms with Crippen LogP contribution in [0.1, 0.15) is 32.3 Å². The fourth-order valence-corrected chi connectivity index (χ4v) is 3.28. The van der Waals surface area contributed by atoms with Gasteiger partial charge in [0.25, 0.3) is 0 Å². The number of nitrogens with zero attached hydrogens (tertiary/aromatic N) is 1. The van der Waals surface area contributed by atoms with Gasteiger partial charge in [-0.3, -0.25) is 9.59 Å². The first-order valence-electron chi connectivity index (χ1n) is 9.61. The van der Waals surface area contributed by atoms with Gasteiger partial charge in [-0.25, -0.2) is 0 Å². The van der Waals surface area contributed by atoms with Crippen LogP contribution in [0.15, 0.2) is 48.5 Å². The lowest BCUT2D eigenvalue weighted by Gasteiger charge is -2.29. The number of likely N-dealkylation sites (N-methyl/N-ethyl adjacent to an activating group) is 1. The number of rotatable bonds is 10. The fourth-order valence-electron chi connectivity index (χ4n) is 2.81. The molecular formula is C22H26Cl2N2O3. The summed E-state index contributed by atoms with van der Waals surface area (Å²) in [4.78, 5) is 26.8. The Kier molecular flexibility index (Phi) is 9.29. The number of benzene rings is 2. The average molecular weight is 437 g/mol. The minimum atomic E-state index is -0.621. The number of para-hydroxylation sites is 1. The predicted molar refractivity (Wildman–Crippen MR) is 116 cm³/mol. The zero-order valence-corrected chi connectivity index (χ0v) is 18.2. The molecule has 0 radical (unpaired) electrons. The largest absolute Gasteiger partial charge is 0.494 e. The van der Waals surface area contributed by atoms with E-state index in [1.807, 2.05) is 37.3 Å². The number of ether oxygens (including phenoxy) is 1. The van der Waals surface area contributed by atoms with E-state index in [0.717, 1.165) is 11.3 Å². The molecule has 2 rings (SSSR count). The molecule has 1 N–H and O–H groups in total. The van der Waals surface area contributed by atoms with Crippen LogP contribution in [-0.4, -0.2) is 35.9 Å². The van der Waals surface area contributed by atoms with E-state index >= 15 is 0 Å². The van der Waals surface area contributed by atoms with Crippen LogP contribution in [0.5, 0.6) is 5.75 Å². The number of hydrogen-bond acceptors (Lipinski definition) is 3. The molecule has 1 unspecified atom stereocenters. The Hall–Kier alpha value is -2.24. The van der Waals surface area contributed by atoms with Gasteiger partial charge in [0.1, 0.15) is 11.8 Å². The third-order valence-corrected chi connectivity index (χ3v) is 5.01. The smallest absolute Gasteiger partial charge is 0.242 e. The molecule has 0 bridgehead atoms. The SMILES string of the molecule is CCNC(=O)C(C)N(Cc1ccc(Cl)cc1Cl)C(=O)CCCOc1ccccc1. The highest BCUT2D eigenvalue weighted by atomic mass is 35.5. The van der Waals surface area contributed by atoms with Gasteiger partial charge >= 0.3 is 0 Å². The molecule has 0 fully saturated rings. The minimum absolute atomic E-state index is 0.133. The number of carbonyl (C=O) groups is 2. The normalized spacial score (nSPS) is 11.6. The lowest BCUT2D eigenvalue weighted by molar-refractivity contribution is -0.140. The third kappa shape index (κ3) is 7.26. The van der Waals surface area contributed by atoms with Crippen molar-refractivity contribution in [1.29, 1.82) is 0 Å². The number of amides is 2. The molecule has 2 amide bonds. The van der Waals surface area contributed by atoms with E-state index < -0.39 is 6.04 Å². The highest BCUT2D eigenvalue weighted by molar-refractivity contribution is 6.35. The molecule has 2 aromatic carbocycles. The van der Waals surface area contributed by atoms with Gasteiger partial charge in [0.2, 0.25) is 11.8 Å². The Balaban J connectivity index is 2.02. The maximum absolute atomic E-state index is 12.9. The van der Waals surface area contributed by atoms with Gasteiger partial charge in [0.15, 0.2) is 0 Å². The summed E-state index contributed by atoms with van der Waals surface area (Å²) >= 11 is 12.2. The van der Waals surface area contributed by atoms with E-state index in [0.29, 0.717) is 29.6 Å². The van der Waals surface area contributed by atoms with Gasteiger partial charge < -0.3 is 15.0 Å². The molecule has 2 aromatic rings. The van der Waals surface area contributed by atoms with Gasteiger partial charge in [-0.2, -0.15) is 0 Å². The molecule has 1 atom stereocenters. The van der Waals surface area contributed by atoms with Crippen LogP contribution in [0.4, 0.5) is 0 Å². The average Bonchev–Trinajstić information content (AvgIpc) is 2.71. The van der Waals surface area contributed by atoms with Gasteiger partial charge in [0.05, 0.1) is 6.61 Å². The maximum Gasteiger partial charge on any atom is 0.242 e. The first kappa shape index (κ1) is 23.0. The van der Waals surface area contributed by atoms with E-state index in [9.17, 15) is 9.59 Å². The van der Waals surface area contributed by atoms with Crippen LogP contribution in [0.3, 0.4) is 0 Å². The molecule has 7 heteroatoms. The van der Waals surface area contributed by atoms with Crippen molar-refractivity contribution in [2.24, 2.45) is 0 Å². The second-order valence-electron chi connectivity index (χ2n) is 6.59. The number of hydrogen-bond donors (Lipinski definition) is 1. The topological polar surface area (TPSA) is 58.6 Å². The van der Waals surface area contributed by atoms with Crippen LogP contribution in [0.2, 0.25) is 10.0 Å². The van der Waals surface area contributed by atoms with Gasteiger partial charge in [-0.15, -0.1) is 0 Å². The maximum atomic E-state index is 12.9. The quantitative estimate of drug-likeness (QED) is 0.548. The summed E-state index contributed by atoms with van der Waals surface area (Å²) in [6, 6.07) is 13.9. The Bertz CT molecular complexity index is 815. The highest BCUT2D eigenvalue weighted by Gasteiger charge is 2.26. The lowest BCUT2D eigenvalue weighted by Crippen LogP contribution is -2.47. The third-order valence-electron chi connectivity index (χ3n) is 4.42. The summed E-state index contributed by atoms with van der Waals surface area (Å²) in [5.41, 5.74) is 0.737. The van der Waals surface area contributed by atoms with Crippen LogP contribution in [0.25, 0.3) is 0 Å². The zero-order valence-electron chi connectivity index (χ0n) is 16.7. The summed E-state index contributed by atoms with van der Waals surface area (Å²) in [7, 11) is 0. The molecule has 0 spiro atoms. The van der Waals surface area contributed by atoms with Crippen molar-refractivity contribution in [3.05, 3.63) is 64.1 Å². The molecular weight excluding hydrogens is 411 g/mol. The van der Waals surface area contributed by atoms with Gasteiger partial charge in [-0.05, 0) is 50.1 Å².